The van der Waals surface area contributed by atoms with Gasteiger partial charge in [0.1, 0.15) is 11.5 Å². The number of phenolic OH excluding ortho intramolecular Hbond substituents is 2. The maximum Gasteiger partial charge on any atom is 0.122 e. The highest BCUT2D eigenvalue weighted by molar-refractivity contribution is 5.54. The van der Waals surface area contributed by atoms with Crippen molar-refractivity contribution >= 4 is 0 Å². The Hall–Kier alpha value is -2.74. The van der Waals surface area contributed by atoms with Crippen molar-refractivity contribution in [2.45, 2.75) is 40.0 Å². The molecule has 0 aliphatic carbocycles. The molecular weight excluding hydrogens is 320 g/mol. The molecule has 2 nitrogen and oxygen atoms in total. The van der Waals surface area contributed by atoms with Crippen LogP contribution in [0.1, 0.15) is 44.9 Å². The second-order valence-corrected chi connectivity index (χ2v) is 7.28. The second kappa shape index (κ2) is 7.25. The smallest absolute Gasteiger partial charge is 0.122 e. The lowest BCUT2D eigenvalue weighted by molar-refractivity contribution is 0.449. The van der Waals surface area contributed by atoms with E-state index in [1.165, 1.54) is 5.56 Å². The van der Waals surface area contributed by atoms with Gasteiger partial charge < -0.3 is 10.2 Å². The Bertz CT molecular complexity index is 869. The lowest BCUT2D eigenvalue weighted by atomic mass is 9.82. The Kier molecular flexibility index (Phi) is 5.03. The summed E-state index contributed by atoms with van der Waals surface area (Å²) in [6, 6.07) is 18.3. The van der Waals surface area contributed by atoms with Gasteiger partial charge in [-0.15, -0.1) is 0 Å². The summed E-state index contributed by atoms with van der Waals surface area (Å²) in [5.74, 6) is 0.514. The molecule has 3 aromatic carbocycles. The molecule has 2 heteroatoms. The summed E-state index contributed by atoms with van der Waals surface area (Å²) in [4.78, 5) is 0. The number of aryl methyl sites for hydroxylation is 4. The largest absolute Gasteiger partial charge is 0.507 e. The Morgan fingerprint density at radius 3 is 1.62 bits per heavy atom. The van der Waals surface area contributed by atoms with Gasteiger partial charge in [-0.1, -0.05) is 65.7 Å². The van der Waals surface area contributed by atoms with E-state index in [1.807, 2.05) is 70.2 Å². The first-order chi connectivity index (χ1) is 12.4. The van der Waals surface area contributed by atoms with E-state index in [2.05, 4.69) is 12.1 Å². The normalized spacial score (nSPS) is 11.1. The Labute approximate surface area is 155 Å². The van der Waals surface area contributed by atoms with E-state index < -0.39 is 0 Å². The molecule has 0 heterocycles. The molecule has 0 bridgehead atoms. The van der Waals surface area contributed by atoms with Gasteiger partial charge in [-0.25, -0.2) is 0 Å². The van der Waals surface area contributed by atoms with E-state index >= 15 is 0 Å². The lowest BCUT2D eigenvalue weighted by Gasteiger charge is -2.23. The second-order valence-electron chi connectivity index (χ2n) is 7.28. The van der Waals surface area contributed by atoms with E-state index in [9.17, 15) is 10.2 Å². The fraction of sp³-hybridized carbons (Fsp3) is 0.250. The fourth-order valence-corrected chi connectivity index (χ4v) is 3.75. The molecule has 3 rings (SSSR count). The number of rotatable bonds is 4. The zero-order chi connectivity index (χ0) is 18.8. The van der Waals surface area contributed by atoms with Gasteiger partial charge in [-0.05, 0) is 50.8 Å². The van der Waals surface area contributed by atoms with Gasteiger partial charge in [-0.2, -0.15) is 0 Å². The predicted octanol–water partition coefficient (Wildman–Crippen LogP) is 5.71. The van der Waals surface area contributed by atoms with Crippen molar-refractivity contribution in [1.82, 2.24) is 0 Å². The van der Waals surface area contributed by atoms with Gasteiger partial charge in [-0.3, -0.25) is 0 Å². The number of hydrogen-bond donors (Lipinski definition) is 2. The third-order valence-corrected chi connectivity index (χ3v) is 4.98. The number of phenols is 2. The molecule has 0 saturated heterocycles. The van der Waals surface area contributed by atoms with E-state index in [1.54, 1.807) is 0 Å². The first kappa shape index (κ1) is 18.1. The lowest BCUT2D eigenvalue weighted by Crippen LogP contribution is -2.08. The molecule has 0 saturated carbocycles. The van der Waals surface area contributed by atoms with Crippen LogP contribution >= 0.6 is 0 Å². The average Bonchev–Trinajstić information content (AvgIpc) is 2.60. The molecule has 26 heavy (non-hydrogen) atoms. The molecule has 0 unspecified atom stereocenters. The average molecular weight is 346 g/mol. The minimum atomic E-state index is -0.116. The van der Waals surface area contributed by atoms with Crippen LogP contribution in [0.15, 0.2) is 54.6 Å². The van der Waals surface area contributed by atoms with Gasteiger partial charge in [0.15, 0.2) is 0 Å². The third-order valence-electron chi connectivity index (χ3n) is 4.98. The van der Waals surface area contributed by atoms with E-state index in [-0.39, 0.29) is 5.92 Å². The van der Waals surface area contributed by atoms with E-state index in [0.717, 1.165) is 33.4 Å². The van der Waals surface area contributed by atoms with Crippen molar-refractivity contribution in [3.63, 3.8) is 0 Å². The van der Waals surface area contributed by atoms with E-state index in [0.29, 0.717) is 17.9 Å². The maximum atomic E-state index is 10.8. The zero-order valence-corrected chi connectivity index (χ0v) is 15.9. The van der Waals surface area contributed by atoms with Gasteiger partial charge in [0.05, 0.1) is 0 Å². The van der Waals surface area contributed by atoms with Crippen LogP contribution in [0.3, 0.4) is 0 Å². The SMILES string of the molecule is Cc1cc(C)c(O)c(C(Cc2ccccc2)c2cc(C)cc(C)c2O)c1. The maximum absolute atomic E-state index is 10.8. The molecule has 0 amide bonds. The molecule has 2 N–H and O–H groups in total. The number of hydrogen-bond acceptors (Lipinski definition) is 2. The molecule has 0 aliphatic rings. The van der Waals surface area contributed by atoms with Crippen LogP contribution in [0.2, 0.25) is 0 Å². The van der Waals surface area contributed by atoms with Gasteiger partial charge >= 0.3 is 0 Å². The molecule has 134 valence electrons. The third kappa shape index (κ3) is 3.60. The highest BCUT2D eigenvalue weighted by Gasteiger charge is 2.23. The van der Waals surface area contributed by atoms with Crippen LogP contribution in [-0.4, -0.2) is 10.2 Å². The van der Waals surface area contributed by atoms with Crippen molar-refractivity contribution in [2.75, 3.05) is 0 Å². The molecule has 0 fully saturated rings. The Morgan fingerprint density at radius 1 is 0.692 bits per heavy atom. The number of aromatic hydroxyl groups is 2. The Morgan fingerprint density at radius 2 is 1.15 bits per heavy atom. The fourth-order valence-electron chi connectivity index (χ4n) is 3.75. The van der Waals surface area contributed by atoms with E-state index in [4.69, 9.17) is 0 Å². The van der Waals surface area contributed by atoms with Crippen LogP contribution in [0.25, 0.3) is 0 Å². The van der Waals surface area contributed by atoms with Crippen LogP contribution in [0.4, 0.5) is 0 Å². The molecule has 3 aromatic rings. The van der Waals surface area contributed by atoms with Crippen molar-refractivity contribution in [2.24, 2.45) is 0 Å². The molecule has 0 aliphatic heterocycles. The molecular formula is C24H26O2. The Balaban J connectivity index is 2.21. The van der Waals surface area contributed by atoms with Crippen LogP contribution in [0.5, 0.6) is 11.5 Å². The molecule has 0 atom stereocenters. The van der Waals surface area contributed by atoms with Crippen molar-refractivity contribution < 1.29 is 10.2 Å². The summed E-state index contributed by atoms with van der Waals surface area (Å²) in [6.45, 7) is 7.92. The number of benzene rings is 3. The highest BCUT2D eigenvalue weighted by atomic mass is 16.3. The topological polar surface area (TPSA) is 40.5 Å². The summed E-state index contributed by atoms with van der Waals surface area (Å²) in [7, 11) is 0. The summed E-state index contributed by atoms with van der Waals surface area (Å²) in [5.41, 5.74) is 6.85. The van der Waals surface area contributed by atoms with Crippen molar-refractivity contribution in [1.29, 1.82) is 0 Å². The van der Waals surface area contributed by atoms with Crippen molar-refractivity contribution in [3.8, 4) is 11.5 Å². The summed E-state index contributed by atoms with van der Waals surface area (Å²) in [5, 5.41) is 21.6. The molecule has 0 spiro atoms. The first-order valence-electron chi connectivity index (χ1n) is 9.01. The van der Waals surface area contributed by atoms with Gasteiger partial charge in [0, 0.05) is 17.0 Å². The monoisotopic (exact) mass is 346 g/mol. The van der Waals surface area contributed by atoms with Gasteiger partial charge in [0.25, 0.3) is 0 Å². The quantitative estimate of drug-likeness (QED) is 0.635. The van der Waals surface area contributed by atoms with Crippen LogP contribution in [-0.2, 0) is 6.42 Å². The van der Waals surface area contributed by atoms with Crippen LogP contribution < -0.4 is 0 Å². The molecule has 0 radical (unpaired) electrons. The summed E-state index contributed by atoms with van der Waals surface area (Å²) < 4.78 is 0. The summed E-state index contributed by atoms with van der Waals surface area (Å²) >= 11 is 0. The highest BCUT2D eigenvalue weighted by Crippen LogP contribution is 2.41. The molecule has 0 aromatic heterocycles. The summed E-state index contributed by atoms with van der Waals surface area (Å²) in [6.07, 6.45) is 0.716. The van der Waals surface area contributed by atoms with Crippen molar-refractivity contribution in [3.05, 3.63) is 93.5 Å². The van der Waals surface area contributed by atoms with Gasteiger partial charge in [0.2, 0.25) is 0 Å². The minimum absolute atomic E-state index is 0.116. The minimum Gasteiger partial charge on any atom is -0.507 e. The zero-order valence-electron chi connectivity index (χ0n) is 15.9. The predicted molar refractivity (Wildman–Crippen MR) is 107 cm³/mol. The van der Waals surface area contributed by atoms with Crippen LogP contribution in [0, 0.1) is 27.7 Å². The first-order valence-corrected chi connectivity index (χ1v) is 9.01. The standard InChI is InChI=1S/C24H26O2/c1-15-10-17(3)23(25)21(12-15)20(14-19-8-6-5-7-9-19)22-13-16(2)11-18(4)24(22)26/h5-13,20,25-26H,14H2,1-4H3.